The Balaban J connectivity index is 0.00000144. The number of fused-ring (bicyclic) bond motifs is 1. The predicted octanol–water partition coefficient (Wildman–Crippen LogP) is 1.94. The summed E-state index contributed by atoms with van der Waals surface area (Å²) in [6.45, 7) is 0. The van der Waals surface area contributed by atoms with Crippen molar-refractivity contribution in [1.82, 2.24) is 4.57 Å². The molecule has 2 aromatic rings. The number of imidazole rings is 1. The van der Waals surface area contributed by atoms with Crippen LogP contribution in [0, 0.1) is 0 Å². The summed E-state index contributed by atoms with van der Waals surface area (Å²) < 4.78 is 5.20. The quantitative estimate of drug-likeness (QED) is 0.748. The Morgan fingerprint density at radius 3 is 2.18 bits per heavy atom. The minimum absolute atomic E-state index is 0. The smallest absolute Gasteiger partial charge is 0.245 e. The molecule has 1 aromatic heterocycles. The molecule has 0 aliphatic heterocycles. The number of benzene rings is 1. The van der Waals surface area contributed by atoms with E-state index < -0.39 is 0 Å². The molecule has 22 heavy (non-hydrogen) atoms. The maximum Gasteiger partial charge on any atom is 0.245 e. The Labute approximate surface area is 139 Å². The fourth-order valence-corrected chi connectivity index (χ4v) is 4.46. The molecule has 1 aromatic carbocycles. The highest BCUT2D eigenvalue weighted by Gasteiger charge is 2.28. The Kier molecular flexibility index (Phi) is 5.07. The minimum atomic E-state index is 0. The maximum atomic E-state index is 2.60. The molecule has 0 saturated heterocycles. The Morgan fingerprint density at radius 2 is 1.45 bits per heavy atom. The third kappa shape index (κ3) is 2.90. The van der Waals surface area contributed by atoms with Gasteiger partial charge in [-0.2, -0.15) is 0 Å². The average Bonchev–Trinajstić information content (AvgIpc) is 2.96. The first-order valence-electron chi connectivity index (χ1n) is 8.94. The molecule has 3 heteroatoms. The molecule has 2 nitrogen and oxygen atoms in total. The fraction of sp³-hybridized carbons (Fsp3) is 0.632. The van der Waals surface area contributed by atoms with Gasteiger partial charge in [0.2, 0.25) is 6.33 Å². The van der Waals surface area contributed by atoms with E-state index in [0.29, 0.717) is 0 Å². The van der Waals surface area contributed by atoms with Crippen LogP contribution in [0.15, 0.2) is 30.6 Å². The third-order valence-corrected chi connectivity index (χ3v) is 5.62. The van der Waals surface area contributed by atoms with Gasteiger partial charge in [-0.3, -0.25) is 0 Å². The van der Waals surface area contributed by atoms with Crippen molar-refractivity contribution >= 4 is 11.0 Å². The molecule has 1 heterocycles. The topological polar surface area (TPSA) is 8.81 Å². The van der Waals surface area contributed by atoms with Crippen LogP contribution in [0.5, 0.6) is 0 Å². The predicted molar refractivity (Wildman–Crippen MR) is 86.4 cm³/mol. The number of nitrogens with zero attached hydrogens (tertiary/aromatic N) is 2. The Morgan fingerprint density at radius 1 is 0.818 bits per heavy atom. The lowest BCUT2D eigenvalue weighted by molar-refractivity contribution is -0.702. The van der Waals surface area contributed by atoms with E-state index in [9.17, 15) is 0 Å². The van der Waals surface area contributed by atoms with Gasteiger partial charge in [0.05, 0.1) is 0 Å². The molecule has 0 atom stereocenters. The van der Waals surface area contributed by atoms with Gasteiger partial charge in [-0.05, 0) is 63.5 Å². The summed E-state index contributed by atoms with van der Waals surface area (Å²) in [6, 6.07) is 10.5. The standard InChI is InChI=1S/C19H27N2.ClH/c1-3-9-16(10-4-1)20-15-21(17-11-5-2-6-12-17)19-14-8-7-13-18(19)20;/h7-8,13-17H,1-6,9-12H2;1H/q+1;/p-1. The highest BCUT2D eigenvalue weighted by Crippen LogP contribution is 2.32. The van der Waals surface area contributed by atoms with Crippen molar-refractivity contribution in [1.29, 1.82) is 0 Å². The van der Waals surface area contributed by atoms with E-state index >= 15 is 0 Å². The van der Waals surface area contributed by atoms with Crippen LogP contribution in [0.1, 0.15) is 76.3 Å². The van der Waals surface area contributed by atoms with Crippen LogP contribution in [0.2, 0.25) is 0 Å². The van der Waals surface area contributed by atoms with Gasteiger partial charge >= 0.3 is 0 Å². The summed E-state index contributed by atoms with van der Waals surface area (Å²) >= 11 is 0. The van der Waals surface area contributed by atoms with Gasteiger partial charge in [-0.25, -0.2) is 9.13 Å². The molecule has 0 bridgehead atoms. The van der Waals surface area contributed by atoms with E-state index in [-0.39, 0.29) is 12.4 Å². The summed E-state index contributed by atoms with van der Waals surface area (Å²) in [7, 11) is 0. The van der Waals surface area contributed by atoms with E-state index in [2.05, 4.69) is 39.7 Å². The Bertz CT molecular complexity index is 555. The molecule has 2 aliphatic carbocycles. The van der Waals surface area contributed by atoms with Gasteiger partial charge in [-0.15, -0.1) is 0 Å². The molecule has 0 N–H and O–H groups in total. The molecular formula is C19H27ClN2. The van der Waals surface area contributed by atoms with Crippen LogP contribution in [-0.2, 0) is 0 Å². The zero-order valence-electron chi connectivity index (χ0n) is 13.4. The molecular weight excluding hydrogens is 292 g/mol. The van der Waals surface area contributed by atoms with Gasteiger partial charge in [0.25, 0.3) is 0 Å². The van der Waals surface area contributed by atoms with Crippen LogP contribution >= 0.6 is 0 Å². The lowest BCUT2D eigenvalue weighted by Crippen LogP contribution is -3.00. The van der Waals surface area contributed by atoms with Crippen molar-refractivity contribution < 1.29 is 17.0 Å². The van der Waals surface area contributed by atoms with Gasteiger partial charge in [0, 0.05) is 0 Å². The Hall–Kier alpha value is -1.02. The number of halogens is 1. The van der Waals surface area contributed by atoms with E-state index in [0.717, 1.165) is 12.1 Å². The first-order chi connectivity index (χ1) is 10.4. The monoisotopic (exact) mass is 318 g/mol. The van der Waals surface area contributed by atoms with Crippen LogP contribution < -0.4 is 17.0 Å². The molecule has 0 radical (unpaired) electrons. The SMILES string of the molecule is [Cl-].c1ccc2c(c1)n(C1CCCCC1)c[n+]2C1CCCCC1. The zero-order valence-corrected chi connectivity index (χ0v) is 14.1. The molecule has 0 spiro atoms. The summed E-state index contributed by atoms with van der Waals surface area (Å²) in [6.07, 6.45) is 16.4. The fourth-order valence-electron chi connectivity index (χ4n) is 4.46. The van der Waals surface area contributed by atoms with Gasteiger partial charge < -0.3 is 12.4 Å². The summed E-state index contributed by atoms with van der Waals surface area (Å²) in [4.78, 5) is 0. The van der Waals surface area contributed by atoms with Gasteiger partial charge in [0.1, 0.15) is 12.1 Å². The molecule has 120 valence electrons. The lowest BCUT2D eigenvalue weighted by atomic mass is 9.95. The van der Waals surface area contributed by atoms with E-state index in [1.165, 1.54) is 75.2 Å². The maximum absolute atomic E-state index is 2.60. The molecule has 4 rings (SSSR count). The molecule has 0 unspecified atom stereocenters. The molecule has 2 saturated carbocycles. The number of hydrogen-bond acceptors (Lipinski definition) is 0. The first kappa shape index (κ1) is 15.9. The van der Waals surface area contributed by atoms with Crippen LogP contribution in [0.25, 0.3) is 11.0 Å². The average molecular weight is 319 g/mol. The second kappa shape index (κ2) is 7.04. The van der Waals surface area contributed by atoms with Crippen molar-refractivity contribution in [2.75, 3.05) is 0 Å². The normalized spacial score (nSPS) is 20.9. The van der Waals surface area contributed by atoms with Crippen molar-refractivity contribution in [2.45, 2.75) is 76.3 Å². The highest BCUT2D eigenvalue weighted by molar-refractivity contribution is 5.71. The minimum Gasteiger partial charge on any atom is -1.00 e. The van der Waals surface area contributed by atoms with Crippen molar-refractivity contribution in [3.05, 3.63) is 30.6 Å². The van der Waals surface area contributed by atoms with Crippen LogP contribution in [0.4, 0.5) is 0 Å². The third-order valence-electron chi connectivity index (χ3n) is 5.62. The second-order valence-electron chi connectivity index (χ2n) is 7.00. The summed E-state index contributed by atoms with van der Waals surface area (Å²) in [5.41, 5.74) is 2.91. The lowest BCUT2D eigenvalue weighted by Gasteiger charge is -2.20. The summed E-state index contributed by atoms with van der Waals surface area (Å²) in [5.74, 6) is 0. The zero-order chi connectivity index (χ0) is 14.1. The van der Waals surface area contributed by atoms with Crippen LogP contribution in [-0.4, -0.2) is 4.57 Å². The van der Waals surface area contributed by atoms with Crippen molar-refractivity contribution in [2.24, 2.45) is 0 Å². The molecule has 2 aliphatic rings. The summed E-state index contributed by atoms with van der Waals surface area (Å²) in [5, 5.41) is 0. The number of para-hydroxylation sites is 2. The van der Waals surface area contributed by atoms with E-state index in [1.807, 2.05) is 0 Å². The van der Waals surface area contributed by atoms with Gasteiger partial charge in [0.15, 0.2) is 11.0 Å². The van der Waals surface area contributed by atoms with E-state index in [4.69, 9.17) is 0 Å². The molecule has 2 fully saturated rings. The van der Waals surface area contributed by atoms with E-state index in [1.54, 1.807) is 0 Å². The molecule has 0 amide bonds. The largest absolute Gasteiger partial charge is 1.00 e. The number of hydrogen-bond donors (Lipinski definition) is 0. The second-order valence-corrected chi connectivity index (χ2v) is 7.00. The van der Waals surface area contributed by atoms with Crippen molar-refractivity contribution in [3.8, 4) is 0 Å². The highest BCUT2D eigenvalue weighted by atomic mass is 35.5. The van der Waals surface area contributed by atoms with Gasteiger partial charge in [-0.1, -0.05) is 25.0 Å². The van der Waals surface area contributed by atoms with Crippen molar-refractivity contribution in [3.63, 3.8) is 0 Å². The van der Waals surface area contributed by atoms with Crippen LogP contribution in [0.3, 0.4) is 0 Å². The first-order valence-corrected chi connectivity index (χ1v) is 8.94. The number of rotatable bonds is 2. The number of aromatic nitrogens is 2.